The highest BCUT2D eigenvalue weighted by Crippen LogP contribution is 2.28. The van der Waals surface area contributed by atoms with Gasteiger partial charge in [0.25, 0.3) is 5.91 Å². The van der Waals surface area contributed by atoms with Crippen LogP contribution in [0, 0.1) is 11.3 Å². The number of piperazine rings is 1. The molecule has 40 heavy (non-hydrogen) atoms. The van der Waals surface area contributed by atoms with Gasteiger partial charge in [0, 0.05) is 57.1 Å². The maximum absolute atomic E-state index is 13.2. The summed E-state index contributed by atoms with van der Waals surface area (Å²) in [6, 6.07) is 23.7. The van der Waals surface area contributed by atoms with Crippen molar-refractivity contribution in [3.63, 3.8) is 0 Å². The topological polar surface area (TPSA) is 98.7 Å². The molecule has 3 aromatic carbocycles. The first-order chi connectivity index (χ1) is 19.7. The van der Waals surface area contributed by atoms with E-state index in [2.05, 4.69) is 50.4 Å². The molecule has 1 amide bonds. The van der Waals surface area contributed by atoms with Crippen molar-refractivity contribution in [2.75, 3.05) is 50.7 Å². The fourth-order valence-corrected chi connectivity index (χ4v) is 5.49. The molecule has 1 unspecified atom stereocenters. The van der Waals surface area contributed by atoms with Crippen molar-refractivity contribution in [3.05, 3.63) is 89.0 Å². The lowest BCUT2D eigenvalue weighted by molar-refractivity contribution is 0.00344. The summed E-state index contributed by atoms with van der Waals surface area (Å²) in [5, 5.41) is 16.8. The summed E-state index contributed by atoms with van der Waals surface area (Å²) >= 11 is 0. The minimum absolute atomic E-state index is 0.00326. The highest BCUT2D eigenvalue weighted by Gasteiger charge is 2.26. The molecule has 1 atom stereocenters. The van der Waals surface area contributed by atoms with Crippen LogP contribution >= 0.6 is 0 Å². The van der Waals surface area contributed by atoms with Crippen LogP contribution in [0.15, 0.2) is 71.4 Å². The van der Waals surface area contributed by atoms with Gasteiger partial charge in [0.1, 0.15) is 11.0 Å². The van der Waals surface area contributed by atoms with Gasteiger partial charge in [-0.15, -0.1) is 0 Å². The number of amides is 1. The normalized spacial score (nSPS) is 16.8. The number of aromatic nitrogens is 2. The average Bonchev–Trinajstić information content (AvgIpc) is 3.72. The third kappa shape index (κ3) is 5.83. The smallest absolute Gasteiger partial charge is 0.254 e. The predicted molar refractivity (Wildman–Crippen MR) is 151 cm³/mol. The van der Waals surface area contributed by atoms with Crippen LogP contribution in [0.25, 0.3) is 11.0 Å². The van der Waals surface area contributed by atoms with Crippen molar-refractivity contribution in [2.24, 2.45) is 0 Å². The Hall–Kier alpha value is -4.26. The van der Waals surface area contributed by atoms with Crippen LogP contribution in [0.5, 0.6) is 0 Å². The number of hydrogen-bond donors (Lipinski definition) is 0. The first-order valence-electron chi connectivity index (χ1n) is 13.9. The molecule has 9 heteroatoms. The molecule has 0 spiro atoms. The summed E-state index contributed by atoms with van der Waals surface area (Å²) in [6.45, 7) is 6.20. The Bertz CT molecular complexity index is 1500. The van der Waals surface area contributed by atoms with E-state index in [0.29, 0.717) is 41.9 Å². The van der Waals surface area contributed by atoms with Gasteiger partial charge in [-0.25, -0.2) is 4.63 Å². The molecule has 0 saturated carbocycles. The molecule has 0 N–H and O–H groups in total. The summed E-state index contributed by atoms with van der Waals surface area (Å²) in [5.41, 5.74) is 5.91. The number of hydrogen-bond acceptors (Lipinski definition) is 8. The number of carbonyl (C=O) groups is 1. The van der Waals surface area contributed by atoms with E-state index in [9.17, 15) is 4.79 Å². The molecule has 0 bridgehead atoms. The van der Waals surface area contributed by atoms with Crippen LogP contribution < -0.4 is 4.90 Å². The minimum atomic E-state index is -0.123. The number of rotatable bonds is 8. The summed E-state index contributed by atoms with van der Waals surface area (Å²) in [6.07, 6.45) is 2.34. The lowest BCUT2D eigenvalue weighted by atomic mass is 10.1. The number of anilines is 1. The lowest BCUT2D eigenvalue weighted by Crippen LogP contribution is -2.49. The lowest BCUT2D eigenvalue weighted by Gasteiger charge is -2.36. The number of nitrogens with zero attached hydrogens (tertiary/aromatic N) is 6. The molecule has 9 nitrogen and oxygen atoms in total. The number of ether oxygens (including phenoxy) is 1. The van der Waals surface area contributed by atoms with E-state index in [1.54, 1.807) is 18.2 Å². The molecule has 6 rings (SSSR count). The van der Waals surface area contributed by atoms with E-state index in [4.69, 9.17) is 14.6 Å². The second-order valence-corrected chi connectivity index (χ2v) is 10.5. The molecule has 204 valence electrons. The summed E-state index contributed by atoms with van der Waals surface area (Å²) in [7, 11) is 0. The Kier molecular flexibility index (Phi) is 7.71. The second kappa shape index (κ2) is 11.9. The summed E-state index contributed by atoms with van der Waals surface area (Å²) in [5.74, 6) is -0.00326. The standard InChI is InChI=1S/C31H32N6O3/c32-20-23-6-8-24(9-7-23)22-39-30(25-4-3-5-27(18-25)36-12-1-2-13-36)21-35-14-16-37(17-15-35)31(38)26-10-11-28-29(19-26)34-40-33-28/h3-11,18-19,30H,1-2,12-17,21-22H2. The van der Waals surface area contributed by atoms with Crippen LogP contribution in [0.4, 0.5) is 5.69 Å². The zero-order valence-electron chi connectivity index (χ0n) is 22.4. The summed E-state index contributed by atoms with van der Waals surface area (Å²) < 4.78 is 11.3. The van der Waals surface area contributed by atoms with Crippen LogP contribution in [-0.2, 0) is 11.3 Å². The third-order valence-corrected chi connectivity index (χ3v) is 7.83. The SMILES string of the molecule is N#Cc1ccc(COC(CN2CCN(C(=O)c3ccc4nonc4c3)CC2)c2cccc(N3CCCC3)c2)cc1. The van der Waals surface area contributed by atoms with Gasteiger partial charge in [-0.05, 0) is 76.7 Å². The van der Waals surface area contributed by atoms with E-state index in [1.165, 1.54) is 18.5 Å². The van der Waals surface area contributed by atoms with Crippen molar-refractivity contribution in [1.82, 2.24) is 20.1 Å². The number of nitriles is 1. The third-order valence-electron chi connectivity index (χ3n) is 7.83. The van der Waals surface area contributed by atoms with E-state index in [1.807, 2.05) is 29.2 Å². The summed E-state index contributed by atoms with van der Waals surface area (Å²) in [4.78, 5) is 19.9. The Balaban J connectivity index is 1.13. The molecule has 2 saturated heterocycles. The maximum atomic E-state index is 13.2. The monoisotopic (exact) mass is 536 g/mol. The predicted octanol–water partition coefficient (Wildman–Crippen LogP) is 4.41. The number of benzene rings is 3. The van der Waals surface area contributed by atoms with Crippen LogP contribution in [0.3, 0.4) is 0 Å². The van der Waals surface area contributed by atoms with Gasteiger partial charge >= 0.3 is 0 Å². The van der Waals surface area contributed by atoms with Crippen molar-refractivity contribution >= 4 is 22.6 Å². The molecule has 0 radical (unpaired) electrons. The Labute approximate surface area is 233 Å². The van der Waals surface area contributed by atoms with Gasteiger partial charge in [-0.2, -0.15) is 5.26 Å². The Morgan fingerprint density at radius 3 is 2.48 bits per heavy atom. The Morgan fingerprint density at radius 2 is 1.70 bits per heavy atom. The van der Waals surface area contributed by atoms with Crippen LogP contribution in [-0.4, -0.2) is 71.8 Å². The molecular formula is C31H32N6O3. The highest BCUT2D eigenvalue weighted by atomic mass is 16.6. The van der Waals surface area contributed by atoms with Gasteiger partial charge < -0.3 is 14.5 Å². The van der Waals surface area contributed by atoms with Crippen molar-refractivity contribution in [1.29, 1.82) is 5.26 Å². The molecule has 2 aliphatic rings. The largest absolute Gasteiger partial charge is 0.372 e. The molecule has 4 aromatic rings. The van der Waals surface area contributed by atoms with E-state index in [-0.39, 0.29) is 12.0 Å². The first kappa shape index (κ1) is 26.0. The number of carbonyl (C=O) groups excluding carboxylic acids is 1. The van der Waals surface area contributed by atoms with Gasteiger partial charge in [0.2, 0.25) is 0 Å². The Morgan fingerprint density at radius 1 is 0.925 bits per heavy atom. The van der Waals surface area contributed by atoms with Crippen molar-refractivity contribution in [3.8, 4) is 6.07 Å². The van der Waals surface area contributed by atoms with E-state index >= 15 is 0 Å². The molecular weight excluding hydrogens is 504 g/mol. The van der Waals surface area contributed by atoms with E-state index in [0.717, 1.165) is 43.9 Å². The van der Waals surface area contributed by atoms with E-state index < -0.39 is 0 Å². The fourth-order valence-electron chi connectivity index (χ4n) is 5.49. The molecule has 1 aromatic heterocycles. The first-order valence-corrected chi connectivity index (χ1v) is 13.9. The van der Waals surface area contributed by atoms with Gasteiger partial charge in [-0.3, -0.25) is 9.69 Å². The average molecular weight is 537 g/mol. The highest BCUT2D eigenvalue weighted by molar-refractivity contribution is 5.97. The molecule has 2 fully saturated rings. The maximum Gasteiger partial charge on any atom is 0.254 e. The van der Waals surface area contributed by atoms with Crippen LogP contribution in [0.1, 0.15) is 46.0 Å². The van der Waals surface area contributed by atoms with Gasteiger partial charge in [-0.1, -0.05) is 24.3 Å². The van der Waals surface area contributed by atoms with Crippen molar-refractivity contribution in [2.45, 2.75) is 25.6 Å². The van der Waals surface area contributed by atoms with Crippen molar-refractivity contribution < 1.29 is 14.2 Å². The van der Waals surface area contributed by atoms with Gasteiger partial charge in [0.05, 0.1) is 24.3 Å². The zero-order chi connectivity index (χ0) is 27.3. The molecule has 3 heterocycles. The van der Waals surface area contributed by atoms with Crippen LogP contribution in [0.2, 0.25) is 0 Å². The molecule has 0 aliphatic carbocycles. The quantitative estimate of drug-likeness (QED) is 0.327. The van der Waals surface area contributed by atoms with Gasteiger partial charge in [0.15, 0.2) is 0 Å². The second-order valence-electron chi connectivity index (χ2n) is 10.5. The zero-order valence-corrected chi connectivity index (χ0v) is 22.4. The minimum Gasteiger partial charge on any atom is -0.372 e. The number of fused-ring (bicyclic) bond motifs is 1. The fraction of sp³-hybridized carbons (Fsp3) is 0.355. The molecule has 2 aliphatic heterocycles.